The van der Waals surface area contributed by atoms with Gasteiger partial charge < -0.3 is 19.9 Å². The lowest BCUT2D eigenvalue weighted by Gasteiger charge is -2.21. The molecule has 10 nitrogen and oxygen atoms in total. The maximum absolute atomic E-state index is 13.0. The van der Waals surface area contributed by atoms with Gasteiger partial charge in [0, 0.05) is 16.7 Å². The van der Waals surface area contributed by atoms with Crippen LogP contribution in [0.1, 0.15) is 60.9 Å². The van der Waals surface area contributed by atoms with Crippen molar-refractivity contribution in [3.8, 4) is 5.75 Å². The third-order valence-electron chi connectivity index (χ3n) is 4.80. The third kappa shape index (κ3) is 8.53. The first-order chi connectivity index (χ1) is 16.8. The number of ether oxygens (including phenoxy) is 2. The van der Waals surface area contributed by atoms with Crippen LogP contribution >= 0.6 is 0 Å². The van der Waals surface area contributed by atoms with Gasteiger partial charge in [0.25, 0.3) is 5.91 Å². The molecule has 10 heteroatoms. The Morgan fingerprint density at radius 2 is 1.44 bits per heavy atom. The topological polar surface area (TPSA) is 155 Å². The minimum absolute atomic E-state index is 0.178. The van der Waals surface area contributed by atoms with E-state index >= 15 is 0 Å². The number of hydrogen-bond acceptors (Lipinski definition) is 7. The van der Waals surface area contributed by atoms with Crippen molar-refractivity contribution >= 4 is 29.6 Å². The first kappa shape index (κ1) is 28.0. The Balaban J connectivity index is 2.05. The molecule has 0 saturated heterocycles. The Bertz CT molecular complexity index is 1120. The summed E-state index contributed by atoms with van der Waals surface area (Å²) in [6.45, 7) is 8.26. The van der Waals surface area contributed by atoms with Crippen LogP contribution in [0.3, 0.4) is 0 Å². The van der Waals surface area contributed by atoms with Crippen molar-refractivity contribution in [2.75, 3.05) is 6.61 Å². The van der Waals surface area contributed by atoms with Crippen LogP contribution in [0.4, 0.5) is 4.79 Å². The highest BCUT2D eigenvalue weighted by Gasteiger charge is 2.26. The molecule has 2 aromatic carbocycles. The zero-order valence-corrected chi connectivity index (χ0v) is 20.9. The second-order valence-corrected chi connectivity index (χ2v) is 9.35. The molecule has 2 amide bonds. The average molecular weight is 498 g/mol. The number of hydrogen-bond donors (Lipinski definition) is 4. The summed E-state index contributed by atoms with van der Waals surface area (Å²) in [4.78, 5) is 48.4. The Labute approximate surface area is 209 Å². The molecule has 0 fully saturated rings. The maximum Gasteiger partial charge on any atom is 0.413 e. The van der Waals surface area contributed by atoms with Gasteiger partial charge in [0.2, 0.25) is 0 Å². The number of ketones is 1. The standard InChI is InChI=1S/C26H31N3O7/c1-15(2)21(22(32)16-10-12-19(13-11-16)35-14-20(30)31)28-24(33)18-8-6-17(7-9-18)23(27)29-25(34)36-26(3,4)5/h6-13,15,21H,14H2,1-5H3,(H,28,33)(H,30,31)(H2,27,29,34)/t21-/m0/s1. The predicted molar refractivity (Wildman–Crippen MR) is 133 cm³/mol. The van der Waals surface area contributed by atoms with Crippen molar-refractivity contribution in [1.82, 2.24) is 10.6 Å². The lowest BCUT2D eigenvalue weighted by molar-refractivity contribution is -0.139. The molecule has 0 aromatic heterocycles. The molecule has 0 saturated carbocycles. The van der Waals surface area contributed by atoms with E-state index in [9.17, 15) is 19.2 Å². The number of alkyl carbamates (subject to hydrolysis) is 1. The van der Waals surface area contributed by atoms with E-state index in [0.29, 0.717) is 16.9 Å². The average Bonchev–Trinajstić information content (AvgIpc) is 2.79. The summed E-state index contributed by atoms with van der Waals surface area (Å²) in [5, 5.41) is 21.8. The summed E-state index contributed by atoms with van der Waals surface area (Å²) >= 11 is 0. The SMILES string of the molecule is CC(C)[C@H](NC(=O)c1ccc(C(=N)NC(=O)OC(C)(C)C)cc1)C(=O)c1ccc(OCC(=O)O)cc1. The summed E-state index contributed by atoms with van der Waals surface area (Å²) in [6.07, 6.45) is -0.755. The van der Waals surface area contributed by atoms with Crippen LogP contribution in [0.5, 0.6) is 5.75 Å². The highest BCUT2D eigenvalue weighted by molar-refractivity contribution is 6.06. The number of amides is 2. The van der Waals surface area contributed by atoms with Gasteiger partial charge in [-0.25, -0.2) is 9.59 Å². The molecule has 0 aliphatic heterocycles. The molecule has 1 atom stereocenters. The number of amidine groups is 1. The van der Waals surface area contributed by atoms with Crippen molar-refractivity contribution in [2.45, 2.75) is 46.3 Å². The van der Waals surface area contributed by atoms with Gasteiger partial charge in [0.1, 0.15) is 17.2 Å². The van der Waals surface area contributed by atoms with E-state index < -0.39 is 36.2 Å². The van der Waals surface area contributed by atoms with Crippen molar-refractivity contribution in [3.63, 3.8) is 0 Å². The van der Waals surface area contributed by atoms with Crippen LogP contribution in [0.2, 0.25) is 0 Å². The van der Waals surface area contributed by atoms with Crippen molar-refractivity contribution in [1.29, 1.82) is 5.41 Å². The summed E-state index contributed by atoms with van der Waals surface area (Å²) in [7, 11) is 0. The largest absolute Gasteiger partial charge is 0.482 e. The number of carboxylic acids is 1. The number of carboxylic acid groups (broad SMARTS) is 1. The Morgan fingerprint density at radius 1 is 0.917 bits per heavy atom. The van der Waals surface area contributed by atoms with Gasteiger partial charge >= 0.3 is 12.1 Å². The van der Waals surface area contributed by atoms with Crippen molar-refractivity contribution in [3.05, 3.63) is 65.2 Å². The molecule has 0 unspecified atom stereocenters. The van der Waals surface area contributed by atoms with Crippen molar-refractivity contribution < 1.29 is 33.8 Å². The van der Waals surface area contributed by atoms with Gasteiger partial charge in [-0.3, -0.25) is 20.3 Å². The number of carbonyl (C=O) groups excluding carboxylic acids is 3. The van der Waals surface area contributed by atoms with Gasteiger partial charge in [0.15, 0.2) is 12.4 Å². The Kier molecular flexibility index (Phi) is 9.32. The van der Waals surface area contributed by atoms with Crippen LogP contribution in [0.15, 0.2) is 48.5 Å². The van der Waals surface area contributed by atoms with Crippen molar-refractivity contribution in [2.24, 2.45) is 5.92 Å². The van der Waals surface area contributed by atoms with Gasteiger partial charge in [-0.05, 0) is 63.1 Å². The highest BCUT2D eigenvalue weighted by Crippen LogP contribution is 2.17. The Morgan fingerprint density at radius 3 is 1.94 bits per heavy atom. The van der Waals surface area contributed by atoms with Gasteiger partial charge in [0.05, 0.1) is 6.04 Å². The number of Topliss-reactive ketones (excluding diaryl/α,β-unsaturated/α-hetero) is 1. The molecule has 0 aliphatic carbocycles. The van der Waals surface area contributed by atoms with Crippen LogP contribution in [0, 0.1) is 11.3 Å². The highest BCUT2D eigenvalue weighted by atomic mass is 16.6. The fraction of sp³-hybridized carbons (Fsp3) is 0.346. The van der Waals surface area contributed by atoms with Crippen LogP contribution in [-0.2, 0) is 9.53 Å². The molecule has 2 rings (SSSR count). The van der Waals surface area contributed by atoms with Crippen LogP contribution in [-0.4, -0.2) is 52.9 Å². The first-order valence-corrected chi connectivity index (χ1v) is 11.3. The molecule has 0 radical (unpaired) electrons. The number of carbonyl (C=O) groups is 4. The number of rotatable bonds is 9. The normalized spacial score (nSPS) is 11.8. The lowest BCUT2D eigenvalue weighted by atomic mass is 9.94. The number of aliphatic carboxylic acids is 1. The molecule has 0 bridgehead atoms. The molecule has 0 aliphatic rings. The number of nitrogens with one attached hydrogen (secondary N) is 3. The molecular formula is C26H31N3O7. The van der Waals surface area contributed by atoms with E-state index in [4.69, 9.17) is 20.0 Å². The molecule has 192 valence electrons. The monoisotopic (exact) mass is 497 g/mol. The molecule has 0 heterocycles. The van der Waals surface area contributed by atoms with Crippen LogP contribution in [0.25, 0.3) is 0 Å². The zero-order chi connectivity index (χ0) is 27.0. The second-order valence-electron chi connectivity index (χ2n) is 9.35. The van der Waals surface area contributed by atoms with E-state index in [0.717, 1.165) is 0 Å². The maximum atomic E-state index is 13.0. The molecule has 2 aromatic rings. The summed E-state index contributed by atoms with van der Waals surface area (Å²) in [6, 6.07) is 11.2. The summed E-state index contributed by atoms with van der Waals surface area (Å²) in [5.41, 5.74) is 0.292. The van der Waals surface area contributed by atoms with E-state index in [1.54, 1.807) is 34.6 Å². The third-order valence-corrected chi connectivity index (χ3v) is 4.80. The second kappa shape index (κ2) is 12.0. The molecular weight excluding hydrogens is 466 g/mol. The predicted octanol–water partition coefficient (Wildman–Crippen LogP) is 3.64. The minimum Gasteiger partial charge on any atom is -0.482 e. The summed E-state index contributed by atoms with van der Waals surface area (Å²) in [5.74, 6) is -1.96. The minimum atomic E-state index is -1.11. The molecule has 0 spiro atoms. The molecule has 4 N–H and O–H groups in total. The van der Waals surface area contributed by atoms with Crippen LogP contribution < -0.4 is 15.4 Å². The summed E-state index contributed by atoms with van der Waals surface area (Å²) < 4.78 is 10.2. The lowest BCUT2D eigenvalue weighted by Crippen LogP contribution is -2.44. The van der Waals surface area contributed by atoms with Gasteiger partial charge in [-0.1, -0.05) is 26.0 Å². The first-order valence-electron chi connectivity index (χ1n) is 11.3. The van der Waals surface area contributed by atoms with E-state index in [1.807, 2.05) is 0 Å². The zero-order valence-electron chi connectivity index (χ0n) is 20.9. The number of benzene rings is 2. The fourth-order valence-electron chi connectivity index (χ4n) is 3.07. The fourth-order valence-corrected chi connectivity index (χ4v) is 3.07. The van der Waals surface area contributed by atoms with E-state index in [2.05, 4.69) is 10.6 Å². The van der Waals surface area contributed by atoms with E-state index in [-0.39, 0.29) is 23.1 Å². The quantitative estimate of drug-likeness (QED) is 0.234. The van der Waals surface area contributed by atoms with E-state index in [1.165, 1.54) is 48.5 Å². The Hall–Kier alpha value is -4.21. The van der Waals surface area contributed by atoms with Gasteiger partial charge in [-0.15, -0.1) is 0 Å². The van der Waals surface area contributed by atoms with Gasteiger partial charge in [-0.2, -0.15) is 0 Å². The smallest absolute Gasteiger partial charge is 0.413 e. The molecule has 36 heavy (non-hydrogen) atoms.